The summed E-state index contributed by atoms with van der Waals surface area (Å²) in [5.74, 6) is -11.7. The summed E-state index contributed by atoms with van der Waals surface area (Å²) < 4.78 is 96.4. The Kier molecular flexibility index (Phi) is 8.67. The smallest absolute Gasteiger partial charge is 0.420 e. The lowest BCUT2D eigenvalue weighted by Crippen LogP contribution is -2.13. The molecule has 0 saturated carbocycles. The second kappa shape index (κ2) is 12.1. The normalized spacial score (nSPS) is 11.5. The first-order valence-electron chi connectivity index (χ1n) is 12.4. The predicted octanol–water partition coefficient (Wildman–Crippen LogP) is 7.77. The van der Waals surface area contributed by atoms with Gasteiger partial charge in [0.1, 0.15) is 34.1 Å². The van der Waals surface area contributed by atoms with E-state index in [1.54, 1.807) is 0 Å². The Hall–Kier alpha value is -6.06. The minimum atomic E-state index is -5.27. The zero-order chi connectivity index (χ0) is 34.1. The molecule has 0 heterocycles. The van der Waals surface area contributed by atoms with Crippen LogP contribution in [0.5, 0.6) is 23.0 Å². The SMILES string of the molecule is O=C(O)c1cccc(Oc2c(-c3cccc(C(F)(F)F)c3Oc3cccc(C(=O)O)c3C(=O)O)cccc2C(F)(F)F)c1C(=O)O. The number of carbonyl (C=O) groups is 4. The summed E-state index contributed by atoms with van der Waals surface area (Å²) in [4.78, 5) is 47.2. The predicted molar refractivity (Wildman–Crippen MR) is 143 cm³/mol. The maximum atomic E-state index is 14.3. The van der Waals surface area contributed by atoms with Gasteiger partial charge in [-0.15, -0.1) is 0 Å². The molecule has 16 heteroatoms. The molecule has 4 N–H and O–H groups in total. The van der Waals surface area contributed by atoms with Gasteiger partial charge in [-0.2, -0.15) is 26.3 Å². The summed E-state index contributed by atoms with van der Waals surface area (Å²) in [7, 11) is 0. The van der Waals surface area contributed by atoms with Crippen molar-refractivity contribution in [2.75, 3.05) is 0 Å². The van der Waals surface area contributed by atoms with Gasteiger partial charge in [-0.1, -0.05) is 36.4 Å². The molecule has 0 saturated heterocycles. The fourth-order valence-electron chi connectivity index (χ4n) is 4.41. The molecule has 0 spiro atoms. The lowest BCUT2D eigenvalue weighted by molar-refractivity contribution is -0.139. The molecule has 0 aromatic heterocycles. The maximum absolute atomic E-state index is 14.3. The third kappa shape index (κ3) is 6.40. The van der Waals surface area contributed by atoms with Crippen LogP contribution in [0.25, 0.3) is 11.1 Å². The van der Waals surface area contributed by atoms with Gasteiger partial charge in [0.05, 0.1) is 22.3 Å². The molecular formula is C30H16F6O10. The van der Waals surface area contributed by atoms with Crippen LogP contribution < -0.4 is 9.47 Å². The van der Waals surface area contributed by atoms with Crippen molar-refractivity contribution in [2.24, 2.45) is 0 Å². The van der Waals surface area contributed by atoms with E-state index in [9.17, 15) is 65.9 Å². The molecule has 0 amide bonds. The van der Waals surface area contributed by atoms with E-state index in [2.05, 4.69) is 0 Å². The zero-order valence-electron chi connectivity index (χ0n) is 22.4. The van der Waals surface area contributed by atoms with Gasteiger partial charge in [0.15, 0.2) is 0 Å². The molecule has 238 valence electrons. The van der Waals surface area contributed by atoms with E-state index in [-0.39, 0.29) is 0 Å². The minimum absolute atomic E-state index is 0.466. The van der Waals surface area contributed by atoms with Gasteiger partial charge in [0, 0.05) is 11.1 Å². The minimum Gasteiger partial charge on any atom is -0.478 e. The Morgan fingerprint density at radius 2 is 0.804 bits per heavy atom. The van der Waals surface area contributed by atoms with Crippen molar-refractivity contribution < 1.29 is 75.4 Å². The number of hydrogen-bond donors (Lipinski definition) is 4. The fraction of sp³-hybridized carbons (Fsp3) is 0.0667. The Balaban J connectivity index is 2.08. The Labute approximate surface area is 252 Å². The Bertz CT molecular complexity index is 1760. The molecule has 0 radical (unpaired) electrons. The number of benzene rings is 4. The quantitative estimate of drug-likeness (QED) is 0.131. The lowest BCUT2D eigenvalue weighted by atomic mass is 9.97. The van der Waals surface area contributed by atoms with Gasteiger partial charge in [-0.05, 0) is 36.4 Å². The molecule has 46 heavy (non-hydrogen) atoms. The average molecular weight is 650 g/mol. The van der Waals surface area contributed by atoms with E-state index >= 15 is 0 Å². The second-order valence-corrected chi connectivity index (χ2v) is 9.14. The van der Waals surface area contributed by atoms with Gasteiger partial charge in [0.2, 0.25) is 0 Å². The number of aromatic carboxylic acids is 4. The van der Waals surface area contributed by atoms with E-state index in [1.807, 2.05) is 0 Å². The van der Waals surface area contributed by atoms with Crippen LogP contribution in [0.3, 0.4) is 0 Å². The standard InChI is InChI=1S/C30H16F6O10/c31-29(32,33)17-9-1-5-13(23(17)45-19-11-3-7-15(25(37)38)21(19)27(41)42)14-6-2-10-18(30(34,35)36)24(14)46-20-12-4-8-16(26(39)40)22(20)28(43)44/h1-12H,(H,37,38)(H,39,40)(H,41,42)(H,43,44). The molecule has 4 aromatic rings. The number of halogens is 6. The number of carboxylic acid groups (broad SMARTS) is 4. The van der Waals surface area contributed by atoms with Gasteiger partial charge in [-0.25, -0.2) is 19.2 Å². The summed E-state index contributed by atoms with van der Waals surface area (Å²) in [5, 5.41) is 38.1. The van der Waals surface area contributed by atoms with Crippen LogP contribution in [0.4, 0.5) is 26.3 Å². The second-order valence-electron chi connectivity index (χ2n) is 9.14. The van der Waals surface area contributed by atoms with Crippen LogP contribution >= 0.6 is 0 Å². The molecule has 0 aliphatic rings. The van der Waals surface area contributed by atoms with Crippen LogP contribution in [0.2, 0.25) is 0 Å². The number of alkyl halides is 6. The average Bonchev–Trinajstić information content (AvgIpc) is 2.95. The van der Waals surface area contributed by atoms with Crippen LogP contribution in [-0.2, 0) is 12.4 Å². The third-order valence-electron chi connectivity index (χ3n) is 6.30. The highest BCUT2D eigenvalue weighted by Gasteiger charge is 2.40. The van der Waals surface area contributed by atoms with Crippen molar-refractivity contribution in [3.05, 3.63) is 106 Å². The van der Waals surface area contributed by atoms with Gasteiger partial charge < -0.3 is 29.9 Å². The first kappa shape index (κ1) is 32.8. The van der Waals surface area contributed by atoms with Crippen molar-refractivity contribution in [3.8, 4) is 34.1 Å². The highest BCUT2D eigenvalue weighted by molar-refractivity contribution is 6.04. The summed E-state index contributed by atoms with van der Waals surface area (Å²) >= 11 is 0. The molecule has 4 rings (SSSR count). The largest absolute Gasteiger partial charge is 0.478 e. The number of hydrogen-bond acceptors (Lipinski definition) is 6. The van der Waals surface area contributed by atoms with Crippen molar-refractivity contribution in [1.82, 2.24) is 0 Å². The fourth-order valence-corrected chi connectivity index (χ4v) is 4.41. The van der Waals surface area contributed by atoms with Gasteiger partial charge in [0.25, 0.3) is 0 Å². The van der Waals surface area contributed by atoms with E-state index in [4.69, 9.17) is 9.47 Å². The van der Waals surface area contributed by atoms with Crippen molar-refractivity contribution in [3.63, 3.8) is 0 Å². The molecule has 0 aliphatic heterocycles. The highest BCUT2D eigenvalue weighted by atomic mass is 19.4. The third-order valence-corrected chi connectivity index (χ3v) is 6.30. The van der Waals surface area contributed by atoms with E-state index in [1.165, 1.54) is 0 Å². The van der Waals surface area contributed by atoms with E-state index < -0.39 is 104 Å². The van der Waals surface area contributed by atoms with Crippen molar-refractivity contribution in [2.45, 2.75) is 12.4 Å². The first-order valence-corrected chi connectivity index (χ1v) is 12.4. The molecule has 0 aliphatic carbocycles. The zero-order valence-corrected chi connectivity index (χ0v) is 22.4. The number of ether oxygens (including phenoxy) is 2. The molecule has 4 aromatic carbocycles. The number of carboxylic acids is 4. The van der Waals surface area contributed by atoms with Gasteiger partial charge >= 0.3 is 36.2 Å². The molecule has 0 fully saturated rings. The molecule has 0 bridgehead atoms. The van der Waals surface area contributed by atoms with Crippen molar-refractivity contribution >= 4 is 23.9 Å². The maximum Gasteiger partial charge on any atom is 0.420 e. The van der Waals surface area contributed by atoms with E-state index in [0.717, 1.165) is 60.7 Å². The van der Waals surface area contributed by atoms with Crippen LogP contribution in [-0.4, -0.2) is 44.3 Å². The summed E-state index contributed by atoms with van der Waals surface area (Å²) in [5.41, 5.74) is -8.70. The van der Waals surface area contributed by atoms with Crippen molar-refractivity contribution in [1.29, 1.82) is 0 Å². The van der Waals surface area contributed by atoms with Crippen LogP contribution in [0.1, 0.15) is 52.6 Å². The number of para-hydroxylation sites is 2. The summed E-state index contributed by atoms with van der Waals surface area (Å²) in [6, 6.07) is 9.47. The molecule has 10 nitrogen and oxygen atoms in total. The summed E-state index contributed by atoms with van der Waals surface area (Å²) in [6.07, 6.45) is -10.5. The number of rotatable bonds is 9. The van der Waals surface area contributed by atoms with Gasteiger partial charge in [-0.3, -0.25) is 0 Å². The lowest BCUT2D eigenvalue weighted by Gasteiger charge is -2.22. The topological polar surface area (TPSA) is 168 Å². The first-order chi connectivity index (χ1) is 21.4. The highest BCUT2D eigenvalue weighted by Crippen LogP contribution is 2.50. The molecule has 0 unspecified atom stereocenters. The summed E-state index contributed by atoms with van der Waals surface area (Å²) in [6.45, 7) is 0. The Morgan fingerprint density at radius 1 is 0.478 bits per heavy atom. The van der Waals surface area contributed by atoms with E-state index in [0.29, 0.717) is 12.1 Å². The Morgan fingerprint density at radius 3 is 1.09 bits per heavy atom. The molecular weight excluding hydrogens is 634 g/mol. The molecule has 0 atom stereocenters. The van der Waals surface area contributed by atoms with Crippen LogP contribution in [0.15, 0.2) is 72.8 Å². The monoisotopic (exact) mass is 650 g/mol. The van der Waals surface area contributed by atoms with Crippen LogP contribution in [0, 0.1) is 0 Å².